The highest BCUT2D eigenvalue weighted by Gasteiger charge is 2.22. The van der Waals surface area contributed by atoms with Crippen LogP contribution in [0.3, 0.4) is 0 Å². The minimum Gasteiger partial charge on any atom is -0.481 e. The van der Waals surface area contributed by atoms with Gasteiger partial charge in [0.2, 0.25) is 0 Å². The number of carbonyl (C=O) groups is 2. The Labute approximate surface area is 214 Å². The topological polar surface area (TPSA) is 98.9 Å². The van der Waals surface area contributed by atoms with Crippen LogP contribution in [0.2, 0.25) is 0 Å². The summed E-state index contributed by atoms with van der Waals surface area (Å²) in [6.07, 6.45) is -0.0515. The number of hydrogen-bond acceptors (Lipinski definition) is 5. The summed E-state index contributed by atoms with van der Waals surface area (Å²) < 4.78 is 5.27. The maximum Gasteiger partial charge on any atom is 0.323 e. The van der Waals surface area contributed by atoms with Gasteiger partial charge in [0.25, 0.3) is 0 Å². The van der Waals surface area contributed by atoms with E-state index in [4.69, 9.17) is 9.63 Å². The zero-order valence-corrected chi connectivity index (χ0v) is 20.2. The first-order valence-electron chi connectivity index (χ1n) is 12.1. The van der Waals surface area contributed by atoms with Crippen molar-refractivity contribution in [2.45, 2.75) is 13.0 Å². The van der Waals surface area contributed by atoms with Gasteiger partial charge in [0.15, 0.2) is 11.4 Å². The molecular weight excluding hydrogens is 468 g/mol. The van der Waals surface area contributed by atoms with Gasteiger partial charge in [-0.2, -0.15) is 0 Å². The lowest BCUT2D eigenvalue weighted by Gasteiger charge is -2.34. The fourth-order valence-corrected chi connectivity index (χ4v) is 4.37. The van der Waals surface area contributed by atoms with Gasteiger partial charge < -0.3 is 14.5 Å². The second-order valence-corrected chi connectivity index (χ2v) is 8.90. The van der Waals surface area contributed by atoms with Crippen molar-refractivity contribution in [2.24, 2.45) is 0 Å². The Hall–Kier alpha value is -4.61. The van der Waals surface area contributed by atoms with E-state index in [2.05, 4.69) is 39.3 Å². The van der Waals surface area contributed by atoms with E-state index >= 15 is 0 Å². The third-order valence-corrected chi connectivity index (χ3v) is 6.30. The Bertz CT molecular complexity index is 1490. The van der Waals surface area contributed by atoms with Crippen LogP contribution in [0, 0.1) is 11.8 Å². The van der Waals surface area contributed by atoms with E-state index in [1.807, 2.05) is 54.6 Å². The van der Waals surface area contributed by atoms with E-state index < -0.39 is 5.97 Å². The Morgan fingerprint density at radius 1 is 0.946 bits per heavy atom. The largest absolute Gasteiger partial charge is 0.481 e. The molecule has 5 rings (SSSR count). The fraction of sp³-hybridized carbons (Fsp3) is 0.207. The van der Waals surface area contributed by atoms with Crippen LogP contribution in [0.25, 0.3) is 11.0 Å². The standard InChI is InChI=1S/C29H26N4O4/c34-27(35)19-24-9-2-1-8-23(24)13-12-21-6-5-7-22(18-21)20-32-14-16-33(17-15-32)29(36)30-28-25-10-3-4-11-26(25)37-31-28/h1-11,18H,14-17,19-20H2,(H,34,35)(H,30,31,36). The first-order chi connectivity index (χ1) is 18.0. The van der Waals surface area contributed by atoms with Crippen LogP contribution in [-0.4, -0.2) is 58.2 Å². The summed E-state index contributed by atoms with van der Waals surface area (Å²) in [4.78, 5) is 28.0. The first kappa shape index (κ1) is 24.1. The van der Waals surface area contributed by atoms with Crippen LogP contribution >= 0.6 is 0 Å². The Morgan fingerprint density at radius 2 is 1.73 bits per heavy atom. The number of urea groups is 1. The number of anilines is 1. The predicted molar refractivity (Wildman–Crippen MR) is 140 cm³/mol. The average molecular weight is 495 g/mol. The van der Waals surface area contributed by atoms with E-state index in [9.17, 15) is 9.59 Å². The van der Waals surface area contributed by atoms with Gasteiger partial charge in [0.1, 0.15) is 0 Å². The van der Waals surface area contributed by atoms with Crippen molar-refractivity contribution in [2.75, 3.05) is 31.5 Å². The molecule has 0 spiro atoms. The summed E-state index contributed by atoms with van der Waals surface area (Å²) >= 11 is 0. The number of para-hydroxylation sites is 1. The summed E-state index contributed by atoms with van der Waals surface area (Å²) in [6, 6.07) is 22.6. The molecule has 0 unspecified atom stereocenters. The summed E-state index contributed by atoms with van der Waals surface area (Å²) in [7, 11) is 0. The van der Waals surface area contributed by atoms with Gasteiger partial charge in [-0.3, -0.25) is 15.0 Å². The minimum absolute atomic E-state index is 0.0515. The molecule has 0 atom stereocenters. The summed E-state index contributed by atoms with van der Waals surface area (Å²) in [5.41, 5.74) is 4.08. The lowest BCUT2D eigenvalue weighted by molar-refractivity contribution is -0.136. The SMILES string of the molecule is O=C(O)Cc1ccccc1C#Cc1cccc(CN2CCN(C(=O)Nc3noc4ccccc34)CC2)c1. The van der Waals surface area contributed by atoms with E-state index in [1.165, 1.54) is 0 Å². The van der Waals surface area contributed by atoms with E-state index in [0.29, 0.717) is 30.1 Å². The van der Waals surface area contributed by atoms with E-state index in [-0.39, 0.29) is 12.5 Å². The number of hydrogen-bond donors (Lipinski definition) is 2. The maximum atomic E-state index is 12.8. The van der Waals surface area contributed by atoms with Crippen LogP contribution in [0.15, 0.2) is 77.3 Å². The zero-order chi connectivity index (χ0) is 25.6. The van der Waals surface area contributed by atoms with Crippen molar-refractivity contribution in [1.29, 1.82) is 0 Å². The molecular formula is C29H26N4O4. The molecule has 4 aromatic rings. The number of aromatic nitrogens is 1. The van der Waals surface area contributed by atoms with Gasteiger partial charge in [-0.15, -0.1) is 0 Å². The van der Waals surface area contributed by atoms with Crippen LogP contribution in [0.5, 0.6) is 0 Å². The molecule has 1 fully saturated rings. The summed E-state index contributed by atoms with van der Waals surface area (Å²) in [5.74, 6) is 5.86. The molecule has 0 saturated carbocycles. The number of benzene rings is 3. The van der Waals surface area contributed by atoms with Gasteiger partial charge >= 0.3 is 12.0 Å². The van der Waals surface area contributed by atoms with Gasteiger partial charge in [0.05, 0.1) is 11.8 Å². The quantitative estimate of drug-likeness (QED) is 0.404. The van der Waals surface area contributed by atoms with Crippen molar-refractivity contribution in [3.8, 4) is 11.8 Å². The second-order valence-electron chi connectivity index (χ2n) is 8.90. The third-order valence-electron chi connectivity index (χ3n) is 6.30. The number of nitrogens with zero attached hydrogens (tertiary/aromatic N) is 3. The van der Waals surface area contributed by atoms with Gasteiger partial charge in [-0.25, -0.2) is 4.79 Å². The highest BCUT2D eigenvalue weighted by molar-refractivity contribution is 5.98. The second kappa shape index (κ2) is 11.0. The van der Waals surface area contributed by atoms with Crippen LogP contribution in [-0.2, 0) is 17.8 Å². The third kappa shape index (κ3) is 5.97. The Kier molecular flexibility index (Phi) is 7.15. The fourth-order valence-electron chi connectivity index (χ4n) is 4.37. The van der Waals surface area contributed by atoms with Crippen molar-refractivity contribution < 1.29 is 19.2 Å². The molecule has 1 saturated heterocycles. The highest BCUT2D eigenvalue weighted by atomic mass is 16.5. The number of rotatable bonds is 5. The van der Waals surface area contributed by atoms with Crippen molar-refractivity contribution >= 4 is 28.8 Å². The highest BCUT2D eigenvalue weighted by Crippen LogP contribution is 2.22. The molecule has 1 aliphatic rings. The minimum atomic E-state index is -0.875. The van der Waals surface area contributed by atoms with Crippen LogP contribution in [0.1, 0.15) is 22.3 Å². The first-order valence-corrected chi connectivity index (χ1v) is 12.1. The van der Waals surface area contributed by atoms with E-state index in [1.54, 1.807) is 11.0 Å². The number of carboxylic acid groups (broad SMARTS) is 1. The molecule has 0 bridgehead atoms. The monoisotopic (exact) mass is 494 g/mol. The van der Waals surface area contributed by atoms with Crippen molar-refractivity contribution in [3.05, 3.63) is 95.1 Å². The van der Waals surface area contributed by atoms with Gasteiger partial charge in [0, 0.05) is 43.9 Å². The summed E-state index contributed by atoms with van der Waals surface area (Å²) in [6.45, 7) is 3.49. The molecule has 2 amide bonds. The maximum absolute atomic E-state index is 12.8. The molecule has 2 N–H and O–H groups in total. The molecule has 8 heteroatoms. The molecule has 2 heterocycles. The number of carboxylic acids is 1. The molecule has 1 aliphatic heterocycles. The average Bonchev–Trinajstić information content (AvgIpc) is 3.31. The Balaban J connectivity index is 1.17. The predicted octanol–water partition coefficient (Wildman–Crippen LogP) is 4.20. The van der Waals surface area contributed by atoms with Gasteiger partial charge in [-0.1, -0.05) is 59.5 Å². The van der Waals surface area contributed by atoms with E-state index in [0.717, 1.165) is 41.7 Å². The van der Waals surface area contributed by atoms with Gasteiger partial charge in [-0.05, 0) is 41.5 Å². The van der Waals surface area contributed by atoms with Crippen LogP contribution < -0.4 is 5.32 Å². The lowest BCUT2D eigenvalue weighted by atomic mass is 10.0. The molecule has 3 aromatic carbocycles. The molecule has 1 aromatic heterocycles. The molecule has 0 radical (unpaired) electrons. The number of nitrogens with one attached hydrogen (secondary N) is 1. The Morgan fingerprint density at radius 3 is 2.57 bits per heavy atom. The lowest BCUT2D eigenvalue weighted by Crippen LogP contribution is -2.49. The summed E-state index contributed by atoms with van der Waals surface area (Å²) in [5, 5.41) is 16.8. The smallest absolute Gasteiger partial charge is 0.323 e. The number of piperazine rings is 1. The molecule has 0 aliphatic carbocycles. The van der Waals surface area contributed by atoms with Crippen molar-refractivity contribution in [1.82, 2.24) is 15.0 Å². The van der Waals surface area contributed by atoms with Crippen molar-refractivity contribution in [3.63, 3.8) is 0 Å². The van der Waals surface area contributed by atoms with Crippen LogP contribution in [0.4, 0.5) is 10.6 Å². The number of carbonyl (C=O) groups excluding carboxylic acids is 1. The normalized spacial score (nSPS) is 13.7. The molecule has 37 heavy (non-hydrogen) atoms. The number of amides is 2. The number of aliphatic carboxylic acids is 1. The zero-order valence-electron chi connectivity index (χ0n) is 20.2. The molecule has 8 nitrogen and oxygen atoms in total. The number of fused-ring (bicyclic) bond motifs is 1. The molecule has 186 valence electrons.